The number of rotatable bonds is 5. The first-order chi connectivity index (χ1) is 6.65. The van der Waals surface area contributed by atoms with E-state index in [1.54, 1.807) is 19.3 Å². The van der Waals surface area contributed by atoms with Crippen molar-refractivity contribution in [2.45, 2.75) is 17.1 Å². The van der Waals surface area contributed by atoms with Crippen molar-refractivity contribution in [3.05, 3.63) is 18.1 Å². The number of furan rings is 1. The topological polar surface area (TPSA) is 59.7 Å². The highest BCUT2D eigenvalue weighted by atomic mass is 32.2. The van der Waals surface area contributed by atoms with E-state index in [9.17, 15) is 4.79 Å². The second kappa shape index (κ2) is 5.07. The molecule has 1 unspecified atom stereocenters. The van der Waals surface area contributed by atoms with E-state index in [-0.39, 0.29) is 6.61 Å². The van der Waals surface area contributed by atoms with E-state index in [0.29, 0.717) is 0 Å². The van der Waals surface area contributed by atoms with Crippen molar-refractivity contribution >= 4 is 17.7 Å². The number of carboxylic acids is 1. The molecule has 5 heteroatoms. The normalized spacial score (nSPS) is 12.7. The zero-order valence-electron chi connectivity index (χ0n) is 8.02. The first-order valence-corrected chi connectivity index (χ1v) is 4.95. The average Bonchev–Trinajstić information content (AvgIpc) is 2.51. The van der Waals surface area contributed by atoms with Gasteiger partial charge < -0.3 is 14.3 Å². The van der Waals surface area contributed by atoms with Crippen molar-refractivity contribution in [1.29, 1.82) is 0 Å². The van der Waals surface area contributed by atoms with Crippen LogP contribution in [-0.2, 0) is 9.53 Å². The lowest BCUT2D eigenvalue weighted by atomic mass is 10.4. The van der Waals surface area contributed by atoms with Crippen molar-refractivity contribution in [1.82, 2.24) is 0 Å². The summed E-state index contributed by atoms with van der Waals surface area (Å²) in [5.74, 6) is -0.144. The lowest BCUT2D eigenvalue weighted by Crippen LogP contribution is -2.21. The SMILES string of the molecule is COCC(Sc1ccoc1C)C(=O)O. The van der Waals surface area contributed by atoms with Crippen LogP contribution in [0.3, 0.4) is 0 Å². The molecule has 0 aromatic carbocycles. The molecule has 0 amide bonds. The van der Waals surface area contributed by atoms with Gasteiger partial charge in [-0.3, -0.25) is 4.79 Å². The minimum Gasteiger partial charge on any atom is -0.480 e. The van der Waals surface area contributed by atoms with E-state index in [1.165, 1.54) is 18.9 Å². The van der Waals surface area contributed by atoms with Gasteiger partial charge >= 0.3 is 5.97 Å². The summed E-state index contributed by atoms with van der Waals surface area (Å²) in [5, 5.41) is 8.28. The van der Waals surface area contributed by atoms with Gasteiger partial charge in [0.1, 0.15) is 11.0 Å². The van der Waals surface area contributed by atoms with Crippen LogP contribution in [0.1, 0.15) is 5.76 Å². The van der Waals surface area contributed by atoms with Crippen LogP contribution in [0, 0.1) is 6.92 Å². The van der Waals surface area contributed by atoms with E-state index >= 15 is 0 Å². The van der Waals surface area contributed by atoms with Crippen molar-refractivity contribution in [2.24, 2.45) is 0 Å². The van der Waals surface area contributed by atoms with Crippen LogP contribution >= 0.6 is 11.8 Å². The number of ether oxygens (including phenoxy) is 1. The molecule has 1 atom stereocenters. The molecule has 0 saturated carbocycles. The van der Waals surface area contributed by atoms with E-state index in [0.717, 1.165) is 10.7 Å². The molecule has 0 spiro atoms. The van der Waals surface area contributed by atoms with Crippen molar-refractivity contribution < 1.29 is 19.1 Å². The molecule has 0 aliphatic carbocycles. The Morgan fingerprint density at radius 2 is 2.50 bits per heavy atom. The summed E-state index contributed by atoms with van der Waals surface area (Å²) in [5.41, 5.74) is 0. The van der Waals surface area contributed by atoms with Gasteiger partial charge in [0.2, 0.25) is 0 Å². The Morgan fingerprint density at radius 1 is 1.79 bits per heavy atom. The number of methoxy groups -OCH3 is 1. The predicted molar refractivity (Wildman–Crippen MR) is 52.6 cm³/mol. The molecular weight excluding hydrogens is 204 g/mol. The summed E-state index contributed by atoms with van der Waals surface area (Å²) >= 11 is 1.24. The van der Waals surface area contributed by atoms with Gasteiger partial charge in [-0.05, 0) is 13.0 Å². The molecule has 0 aliphatic heterocycles. The molecule has 0 aliphatic rings. The Bertz CT molecular complexity index is 308. The molecule has 1 heterocycles. The van der Waals surface area contributed by atoms with Gasteiger partial charge in [-0.15, -0.1) is 11.8 Å². The fraction of sp³-hybridized carbons (Fsp3) is 0.444. The highest BCUT2D eigenvalue weighted by Gasteiger charge is 2.20. The van der Waals surface area contributed by atoms with Crippen LogP contribution in [-0.4, -0.2) is 30.0 Å². The van der Waals surface area contributed by atoms with Gasteiger partial charge in [0.15, 0.2) is 0 Å². The third-order valence-electron chi connectivity index (χ3n) is 1.67. The molecule has 1 aromatic heterocycles. The van der Waals surface area contributed by atoms with E-state index in [1.807, 2.05) is 0 Å². The molecule has 0 radical (unpaired) electrons. The van der Waals surface area contributed by atoms with Crippen LogP contribution < -0.4 is 0 Å². The third-order valence-corrected chi connectivity index (χ3v) is 2.97. The van der Waals surface area contributed by atoms with E-state index < -0.39 is 11.2 Å². The Balaban J connectivity index is 2.64. The largest absolute Gasteiger partial charge is 0.480 e. The summed E-state index contributed by atoms with van der Waals surface area (Å²) in [6.45, 7) is 1.98. The summed E-state index contributed by atoms with van der Waals surface area (Å²) in [6, 6.07) is 1.76. The molecule has 1 rings (SSSR count). The summed E-state index contributed by atoms with van der Waals surface area (Å²) in [4.78, 5) is 11.6. The fourth-order valence-electron chi connectivity index (χ4n) is 0.956. The van der Waals surface area contributed by atoms with Crippen molar-refractivity contribution in [2.75, 3.05) is 13.7 Å². The summed E-state index contributed by atoms with van der Waals surface area (Å²) < 4.78 is 9.89. The third kappa shape index (κ3) is 2.78. The van der Waals surface area contributed by atoms with Crippen LogP contribution in [0.5, 0.6) is 0 Å². The van der Waals surface area contributed by atoms with E-state index in [2.05, 4.69) is 0 Å². The summed E-state index contributed by atoms with van der Waals surface area (Å²) in [6.07, 6.45) is 1.55. The van der Waals surface area contributed by atoms with Gasteiger partial charge in [-0.1, -0.05) is 0 Å². The van der Waals surface area contributed by atoms with Crippen LogP contribution in [0.4, 0.5) is 0 Å². The molecule has 1 aromatic rings. The average molecular weight is 216 g/mol. The highest BCUT2D eigenvalue weighted by molar-refractivity contribution is 8.00. The zero-order valence-corrected chi connectivity index (χ0v) is 8.84. The summed E-state index contributed by atoms with van der Waals surface area (Å²) in [7, 11) is 1.48. The number of hydrogen-bond acceptors (Lipinski definition) is 4. The number of carboxylic acid groups (broad SMARTS) is 1. The molecule has 78 valence electrons. The number of aryl methyl sites for hydroxylation is 1. The minimum atomic E-state index is -0.877. The Morgan fingerprint density at radius 3 is 2.93 bits per heavy atom. The lowest BCUT2D eigenvalue weighted by molar-refractivity contribution is -0.137. The fourth-order valence-corrected chi connectivity index (χ4v) is 1.92. The van der Waals surface area contributed by atoms with Crippen LogP contribution in [0.2, 0.25) is 0 Å². The van der Waals surface area contributed by atoms with Crippen molar-refractivity contribution in [3.63, 3.8) is 0 Å². The maximum Gasteiger partial charge on any atom is 0.319 e. The van der Waals surface area contributed by atoms with Gasteiger partial charge in [0.25, 0.3) is 0 Å². The van der Waals surface area contributed by atoms with Gasteiger partial charge in [-0.2, -0.15) is 0 Å². The lowest BCUT2D eigenvalue weighted by Gasteiger charge is -2.09. The number of carbonyl (C=O) groups is 1. The second-order valence-corrected chi connectivity index (χ2v) is 3.99. The quantitative estimate of drug-likeness (QED) is 0.760. The maximum absolute atomic E-state index is 10.8. The number of aliphatic carboxylic acids is 1. The first kappa shape index (κ1) is 11.1. The monoisotopic (exact) mass is 216 g/mol. The van der Waals surface area contributed by atoms with Gasteiger partial charge in [-0.25, -0.2) is 0 Å². The highest BCUT2D eigenvalue weighted by Crippen LogP contribution is 2.27. The number of hydrogen-bond donors (Lipinski definition) is 1. The Labute approximate surface area is 86.2 Å². The molecule has 14 heavy (non-hydrogen) atoms. The van der Waals surface area contributed by atoms with Crippen LogP contribution in [0.15, 0.2) is 21.6 Å². The molecule has 0 fully saturated rings. The molecule has 4 nitrogen and oxygen atoms in total. The van der Waals surface area contributed by atoms with Crippen LogP contribution in [0.25, 0.3) is 0 Å². The molecule has 1 N–H and O–H groups in total. The molecule has 0 bridgehead atoms. The first-order valence-electron chi connectivity index (χ1n) is 4.07. The standard InChI is InChI=1S/C9H12O4S/c1-6-7(3-4-13-6)14-8(5-12-2)9(10)11/h3-4,8H,5H2,1-2H3,(H,10,11). The molecular formula is C9H12O4S. The number of thioether (sulfide) groups is 1. The minimum absolute atomic E-state index is 0.185. The van der Waals surface area contributed by atoms with E-state index in [4.69, 9.17) is 14.3 Å². The Hall–Kier alpha value is -0.940. The van der Waals surface area contributed by atoms with Gasteiger partial charge in [0, 0.05) is 12.0 Å². The predicted octanol–water partition coefficient (Wildman–Crippen LogP) is 1.78. The zero-order chi connectivity index (χ0) is 10.6. The van der Waals surface area contributed by atoms with Gasteiger partial charge in [0.05, 0.1) is 12.9 Å². The maximum atomic E-state index is 10.8. The smallest absolute Gasteiger partial charge is 0.319 e. The molecule has 0 saturated heterocycles. The second-order valence-electron chi connectivity index (χ2n) is 2.74. The van der Waals surface area contributed by atoms with Crippen molar-refractivity contribution in [3.8, 4) is 0 Å². The Kier molecular flexibility index (Phi) is 4.03.